The molecule has 0 N–H and O–H groups in total. The zero-order chi connectivity index (χ0) is 12.6. The first kappa shape index (κ1) is 13.8. The van der Waals surface area contributed by atoms with E-state index in [9.17, 15) is 4.39 Å². The van der Waals surface area contributed by atoms with Gasteiger partial charge in [0.25, 0.3) is 0 Å². The molecule has 1 aromatic carbocycles. The van der Waals surface area contributed by atoms with Crippen molar-refractivity contribution in [1.29, 1.82) is 0 Å². The van der Waals surface area contributed by atoms with Gasteiger partial charge in [0.2, 0.25) is 0 Å². The molecule has 0 atom stereocenters. The third kappa shape index (κ3) is 2.72. The molecule has 1 heterocycles. The molecule has 6 heteroatoms. The molecule has 2 rings (SSSR count). The van der Waals surface area contributed by atoms with E-state index in [2.05, 4.69) is 43.5 Å². The summed E-state index contributed by atoms with van der Waals surface area (Å²) in [5, 5.41) is 1.89. The van der Waals surface area contributed by atoms with Gasteiger partial charge in [-0.05, 0) is 56.4 Å². The fraction of sp³-hybridized carbons (Fsp3) is 0.182. The first-order valence-electron chi connectivity index (χ1n) is 4.81. The number of halogens is 4. The van der Waals surface area contributed by atoms with Crippen molar-refractivity contribution in [2.24, 2.45) is 0 Å². The van der Waals surface area contributed by atoms with Crippen molar-refractivity contribution in [3.63, 3.8) is 0 Å². The van der Waals surface area contributed by atoms with Gasteiger partial charge in [0.05, 0.1) is 9.50 Å². The summed E-state index contributed by atoms with van der Waals surface area (Å²) < 4.78 is 15.4. The highest BCUT2D eigenvalue weighted by atomic mass is 127. The van der Waals surface area contributed by atoms with Gasteiger partial charge in [-0.15, -0.1) is 11.8 Å². The average molecular weight is 447 g/mol. The van der Waals surface area contributed by atoms with Crippen molar-refractivity contribution in [1.82, 2.24) is 4.98 Å². The predicted octanol–water partition coefficient (Wildman–Crippen LogP) is 5.51. The Morgan fingerprint density at radius 3 is 2.88 bits per heavy atom. The Labute approximate surface area is 130 Å². The Balaban J connectivity index is 2.81. The van der Waals surface area contributed by atoms with Crippen LogP contribution in [0.2, 0.25) is 5.02 Å². The first-order valence-corrected chi connectivity index (χ1v) is 8.04. The van der Waals surface area contributed by atoms with E-state index < -0.39 is 0 Å². The summed E-state index contributed by atoms with van der Waals surface area (Å²) in [5.74, 6) is 0.527. The molecule has 1 aromatic heterocycles. The molecule has 0 spiro atoms. The molecule has 0 bridgehead atoms. The van der Waals surface area contributed by atoms with E-state index in [-0.39, 0.29) is 5.82 Å². The summed E-state index contributed by atoms with van der Waals surface area (Å²) in [6.45, 7) is 2.02. The molecule has 0 aliphatic heterocycles. The highest BCUT2D eigenvalue weighted by Crippen LogP contribution is 2.38. The molecule has 0 aliphatic rings. The first-order chi connectivity index (χ1) is 8.04. The molecule has 0 fully saturated rings. The van der Waals surface area contributed by atoms with Crippen molar-refractivity contribution >= 4 is 72.8 Å². The van der Waals surface area contributed by atoms with Crippen molar-refractivity contribution in [2.45, 2.75) is 11.9 Å². The number of fused-ring (bicyclic) bond motifs is 1. The molecular formula is C11H7BrClFINS. The summed E-state index contributed by atoms with van der Waals surface area (Å²) in [6.07, 6.45) is 0. The van der Waals surface area contributed by atoms with Crippen LogP contribution in [0.5, 0.6) is 0 Å². The second-order valence-electron chi connectivity index (χ2n) is 3.26. The second-order valence-corrected chi connectivity index (χ2v) is 6.93. The fourth-order valence-electron chi connectivity index (χ4n) is 1.44. The number of hydrogen-bond acceptors (Lipinski definition) is 2. The van der Waals surface area contributed by atoms with Crippen LogP contribution in [-0.2, 0) is 0 Å². The van der Waals surface area contributed by atoms with E-state index in [0.29, 0.717) is 15.9 Å². The molecule has 17 heavy (non-hydrogen) atoms. The Bertz CT molecular complexity index is 593. The fourth-order valence-corrected chi connectivity index (χ4v) is 3.62. The monoisotopic (exact) mass is 445 g/mol. The largest absolute Gasteiger partial charge is 0.237 e. The minimum absolute atomic E-state index is 0.328. The maximum atomic E-state index is 13.8. The molecule has 90 valence electrons. The number of aromatic nitrogens is 1. The van der Waals surface area contributed by atoms with Crippen LogP contribution in [0.1, 0.15) is 6.92 Å². The van der Waals surface area contributed by atoms with Crippen LogP contribution in [0.25, 0.3) is 10.9 Å². The molecule has 2 aromatic rings. The Morgan fingerprint density at radius 1 is 1.53 bits per heavy atom. The minimum atomic E-state index is -0.334. The number of pyridine rings is 1. The number of thioether (sulfide) groups is 1. The Hall–Kier alpha value is 0.410. The molecule has 0 unspecified atom stereocenters. The van der Waals surface area contributed by atoms with E-state index in [0.717, 1.165) is 18.8 Å². The van der Waals surface area contributed by atoms with Gasteiger partial charge in [-0.2, -0.15) is 0 Å². The Kier molecular flexibility index (Phi) is 4.55. The van der Waals surface area contributed by atoms with Gasteiger partial charge in [-0.25, -0.2) is 9.37 Å². The average Bonchev–Trinajstić information content (AvgIpc) is 2.27. The third-order valence-corrected chi connectivity index (χ3v) is 5.28. The molecule has 0 saturated heterocycles. The van der Waals surface area contributed by atoms with Gasteiger partial charge in [0.15, 0.2) is 5.82 Å². The van der Waals surface area contributed by atoms with Crippen molar-refractivity contribution in [3.8, 4) is 0 Å². The minimum Gasteiger partial charge on any atom is -0.237 e. The van der Waals surface area contributed by atoms with Crippen molar-refractivity contribution < 1.29 is 4.39 Å². The summed E-state index contributed by atoms with van der Waals surface area (Å²) in [6, 6.07) is 3.29. The molecule has 0 aliphatic carbocycles. The van der Waals surface area contributed by atoms with Crippen LogP contribution in [0.3, 0.4) is 0 Å². The number of rotatable bonds is 2. The quantitative estimate of drug-likeness (QED) is 0.446. The lowest BCUT2D eigenvalue weighted by molar-refractivity contribution is 0.635. The Morgan fingerprint density at radius 2 is 2.24 bits per heavy atom. The van der Waals surface area contributed by atoms with E-state index in [1.165, 1.54) is 17.8 Å². The SMILES string of the molecule is CCSc1nc2c(F)cc(I)cc2c(Cl)c1Br. The molecule has 0 saturated carbocycles. The lowest BCUT2D eigenvalue weighted by Gasteiger charge is -2.09. The second kappa shape index (κ2) is 5.59. The zero-order valence-corrected chi connectivity index (χ0v) is 14.0. The van der Waals surface area contributed by atoms with Gasteiger partial charge >= 0.3 is 0 Å². The molecule has 0 amide bonds. The topological polar surface area (TPSA) is 12.9 Å². The highest BCUT2D eigenvalue weighted by molar-refractivity contribution is 14.1. The van der Waals surface area contributed by atoms with Crippen LogP contribution >= 0.6 is 61.9 Å². The summed E-state index contributed by atoms with van der Waals surface area (Å²) >= 11 is 13.2. The zero-order valence-electron chi connectivity index (χ0n) is 8.73. The van der Waals surface area contributed by atoms with E-state index in [1.807, 2.05) is 13.0 Å². The maximum absolute atomic E-state index is 13.8. The molecule has 1 nitrogen and oxygen atoms in total. The lowest BCUT2D eigenvalue weighted by atomic mass is 10.2. The van der Waals surface area contributed by atoms with Crippen molar-refractivity contribution in [2.75, 3.05) is 5.75 Å². The molecule has 0 radical (unpaired) electrons. The van der Waals surface area contributed by atoms with Gasteiger partial charge in [0.1, 0.15) is 10.5 Å². The summed E-state index contributed by atoms with van der Waals surface area (Å²) in [7, 11) is 0. The number of hydrogen-bond donors (Lipinski definition) is 0. The maximum Gasteiger partial charge on any atom is 0.150 e. The summed E-state index contributed by atoms with van der Waals surface area (Å²) in [5.41, 5.74) is 0.328. The highest BCUT2D eigenvalue weighted by Gasteiger charge is 2.14. The van der Waals surface area contributed by atoms with Crippen LogP contribution < -0.4 is 0 Å². The van der Waals surface area contributed by atoms with Gasteiger partial charge < -0.3 is 0 Å². The van der Waals surface area contributed by atoms with Crippen LogP contribution in [0, 0.1) is 9.39 Å². The van der Waals surface area contributed by atoms with Crippen LogP contribution in [-0.4, -0.2) is 10.7 Å². The van der Waals surface area contributed by atoms with Crippen molar-refractivity contribution in [3.05, 3.63) is 31.0 Å². The summed E-state index contributed by atoms with van der Waals surface area (Å²) in [4.78, 5) is 4.32. The van der Waals surface area contributed by atoms with Crippen LogP contribution in [0.4, 0.5) is 4.39 Å². The van der Waals surface area contributed by atoms with E-state index in [1.54, 1.807) is 0 Å². The smallest absolute Gasteiger partial charge is 0.150 e. The standard InChI is InChI=1S/C11H7BrClFINS/c1-2-17-11-8(12)9(13)6-3-5(15)4-7(14)10(6)16-11/h3-4H,2H2,1H3. The number of nitrogens with zero attached hydrogens (tertiary/aromatic N) is 1. The number of benzene rings is 1. The van der Waals surface area contributed by atoms with Gasteiger partial charge in [0, 0.05) is 8.96 Å². The molecular weight excluding hydrogens is 439 g/mol. The van der Waals surface area contributed by atoms with E-state index in [4.69, 9.17) is 11.6 Å². The normalized spacial score (nSPS) is 11.1. The predicted molar refractivity (Wildman–Crippen MR) is 83.5 cm³/mol. The van der Waals surface area contributed by atoms with Gasteiger partial charge in [-0.1, -0.05) is 18.5 Å². The van der Waals surface area contributed by atoms with Crippen LogP contribution in [0.15, 0.2) is 21.6 Å². The van der Waals surface area contributed by atoms with Gasteiger partial charge in [-0.3, -0.25) is 0 Å². The third-order valence-electron chi connectivity index (χ3n) is 2.14. The van der Waals surface area contributed by atoms with E-state index >= 15 is 0 Å². The lowest BCUT2D eigenvalue weighted by Crippen LogP contribution is -1.92.